The van der Waals surface area contributed by atoms with E-state index in [1.807, 2.05) is 6.07 Å². The Morgan fingerprint density at radius 2 is 1.89 bits per heavy atom. The molecule has 0 atom stereocenters. The van der Waals surface area contributed by atoms with E-state index in [1.54, 1.807) is 6.07 Å². The first kappa shape index (κ1) is 14.9. The smallest absolute Gasteiger partial charge is 0.211 e. The van der Waals surface area contributed by atoms with Crippen LogP contribution in [0.5, 0.6) is 0 Å². The van der Waals surface area contributed by atoms with Crippen LogP contribution in [0.4, 0.5) is 4.39 Å². The molecule has 1 aliphatic heterocycles. The van der Waals surface area contributed by atoms with E-state index >= 15 is 0 Å². The van der Waals surface area contributed by atoms with Crippen molar-refractivity contribution in [1.29, 1.82) is 0 Å². The summed E-state index contributed by atoms with van der Waals surface area (Å²) < 4.78 is 38.2. The first-order valence-corrected chi connectivity index (χ1v) is 8.62. The van der Waals surface area contributed by atoms with Gasteiger partial charge >= 0.3 is 0 Å². The van der Waals surface area contributed by atoms with Gasteiger partial charge in [-0.1, -0.05) is 12.1 Å². The second kappa shape index (κ2) is 5.87. The van der Waals surface area contributed by atoms with Gasteiger partial charge in [0.2, 0.25) is 10.0 Å². The molecule has 4 nitrogen and oxygen atoms in total. The summed E-state index contributed by atoms with van der Waals surface area (Å²) >= 11 is 3.24. The summed E-state index contributed by atoms with van der Waals surface area (Å²) in [6, 6.07) is 4.97. The highest BCUT2D eigenvalue weighted by molar-refractivity contribution is 9.10. The Morgan fingerprint density at radius 1 is 1.26 bits per heavy atom. The Hall–Kier alpha value is -0.500. The Balaban J connectivity index is 1.98. The second-order valence-electron chi connectivity index (χ2n) is 4.65. The number of rotatable bonds is 3. The third-order valence-electron chi connectivity index (χ3n) is 3.23. The van der Waals surface area contributed by atoms with Gasteiger partial charge in [0.1, 0.15) is 5.82 Å². The summed E-state index contributed by atoms with van der Waals surface area (Å²) in [6.45, 7) is 2.93. The highest BCUT2D eigenvalue weighted by Crippen LogP contribution is 2.22. The van der Waals surface area contributed by atoms with Gasteiger partial charge in [-0.3, -0.25) is 4.90 Å². The van der Waals surface area contributed by atoms with E-state index in [2.05, 4.69) is 20.8 Å². The van der Waals surface area contributed by atoms with Gasteiger partial charge in [-0.25, -0.2) is 12.8 Å². The van der Waals surface area contributed by atoms with Crippen molar-refractivity contribution in [2.45, 2.75) is 6.54 Å². The number of hydrogen-bond donors (Lipinski definition) is 0. The monoisotopic (exact) mass is 350 g/mol. The van der Waals surface area contributed by atoms with Gasteiger partial charge in [-0.2, -0.15) is 4.31 Å². The average Bonchev–Trinajstić information content (AvgIpc) is 2.35. The molecule has 1 aromatic rings. The predicted molar refractivity (Wildman–Crippen MR) is 75.8 cm³/mol. The van der Waals surface area contributed by atoms with E-state index in [0.29, 0.717) is 37.2 Å². The maximum absolute atomic E-state index is 13.4. The van der Waals surface area contributed by atoms with Crippen LogP contribution < -0.4 is 0 Å². The molecule has 0 unspecified atom stereocenters. The van der Waals surface area contributed by atoms with Crippen molar-refractivity contribution < 1.29 is 12.8 Å². The van der Waals surface area contributed by atoms with Crippen molar-refractivity contribution in [3.63, 3.8) is 0 Å². The van der Waals surface area contributed by atoms with Gasteiger partial charge in [-0.05, 0) is 27.6 Å². The SMILES string of the molecule is CS(=O)(=O)N1CCN(Cc2cccc(F)c2Br)CC1. The van der Waals surface area contributed by atoms with Crippen LogP contribution >= 0.6 is 15.9 Å². The molecule has 19 heavy (non-hydrogen) atoms. The number of benzene rings is 1. The summed E-state index contributed by atoms with van der Waals surface area (Å²) in [7, 11) is -3.10. The van der Waals surface area contributed by atoms with Gasteiger partial charge < -0.3 is 0 Å². The van der Waals surface area contributed by atoms with E-state index in [-0.39, 0.29) is 5.82 Å². The largest absolute Gasteiger partial charge is 0.296 e. The average molecular weight is 351 g/mol. The van der Waals surface area contributed by atoms with Crippen LogP contribution in [-0.2, 0) is 16.6 Å². The molecule has 0 saturated carbocycles. The molecule has 0 spiro atoms. The minimum Gasteiger partial charge on any atom is -0.296 e. The lowest BCUT2D eigenvalue weighted by molar-refractivity contribution is 0.181. The number of piperazine rings is 1. The van der Waals surface area contributed by atoms with Gasteiger partial charge in [0.05, 0.1) is 10.7 Å². The molecule has 1 fully saturated rings. The molecule has 1 aliphatic rings. The van der Waals surface area contributed by atoms with E-state index < -0.39 is 10.0 Å². The molecule has 1 aromatic carbocycles. The van der Waals surface area contributed by atoms with Gasteiger partial charge in [0.25, 0.3) is 0 Å². The van der Waals surface area contributed by atoms with Crippen molar-refractivity contribution in [3.05, 3.63) is 34.1 Å². The summed E-state index contributed by atoms with van der Waals surface area (Å²) in [6.07, 6.45) is 1.23. The van der Waals surface area contributed by atoms with E-state index in [0.717, 1.165) is 5.56 Å². The van der Waals surface area contributed by atoms with Crippen LogP contribution in [-0.4, -0.2) is 50.1 Å². The quantitative estimate of drug-likeness (QED) is 0.832. The van der Waals surface area contributed by atoms with Crippen molar-refractivity contribution >= 4 is 26.0 Å². The molecule has 0 amide bonds. The van der Waals surface area contributed by atoms with Crippen molar-refractivity contribution in [2.75, 3.05) is 32.4 Å². The minimum atomic E-state index is -3.10. The van der Waals surface area contributed by atoms with Crippen molar-refractivity contribution in [1.82, 2.24) is 9.21 Å². The Morgan fingerprint density at radius 3 is 2.47 bits per heavy atom. The van der Waals surface area contributed by atoms with E-state index in [9.17, 15) is 12.8 Å². The standard InChI is InChI=1S/C12H16BrFN2O2S/c1-19(17,18)16-7-5-15(6-8-16)9-10-3-2-4-11(14)12(10)13/h2-4H,5-9H2,1H3. The lowest BCUT2D eigenvalue weighted by Crippen LogP contribution is -2.47. The Labute approximate surface area is 121 Å². The van der Waals surface area contributed by atoms with Crippen LogP contribution in [0.15, 0.2) is 22.7 Å². The van der Waals surface area contributed by atoms with E-state index in [1.165, 1.54) is 16.6 Å². The van der Waals surface area contributed by atoms with Crippen LogP contribution in [0.1, 0.15) is 5.56 Å². The summed E-state index contributed by atoms with van der Waals surface area (Å²) in [5.41, 5.74) is 0.882. The number of hydrogen-bond acceptors (Lipinski definition) is 3. The fourth-order valence-corrected chi connectivity index (χ4v) is 3.35. The van der Waals surface area contributed by atoms with Gasteiger partial charge in [0, 0.05) is 32.7 Å². The molecular formula is C12H16BrFN2O2S. The lowest BCUT2D eigenvalue weighted by Gasteiger charge is -2.33. The first-order valence-electron chi connectivity index (χ1n) is 5.98. The molecule has 2 rings (SSSR count). The third kappa shape index (κ3) is 3.75. The maximum atomic E-state index is 13.4. The van der Waals surface area contributed by atoms with Crippen molar-refractivity contribution in [2.24, 2.45) is 0 Å². The molecule has 7 heteroatoms. The predicted octanol–water partition coefficient (Wildman–Crippen LogP) is 1.67. The normalized spacial score (nSPS) is 18.7. The molecule has 0 aliphatic carbocycles. The zero-order valence-corrected chi connectivity index (χ0v) is 13.0. The molecule has 1 saturated heterocycles. The highest BCUT2D eigenvalue weighted by Gasteiger charge is 2.23. The number of halogens is 2. The molecule has 1 heterocycles. The van der Waals surface area contributed by atoms with E-state index in [4.69, 9.17) is 0 Å². The van der Waals surface area contributed by atoms with Crippen LogP contribution in [0.2, 0.25) is 0 Å². The topological polar surface area (TPSA) is 40.6 Å². The molecule has 106 valence electrons. The number of nitrogens with zero attached hydrogens (tertiary/aromatic N) is 2. The summed E-state index contributed by atoms with van der Waals surface area (Å²) in [5, 5.41) is 0. The lowest BCUT2D eigenvalue weighted by atomic mass is 10.2. The van der Waals surface area contributed by atoms with Crippen LogP contribution in [0.3, 0.4) is 0 Å². The fraction of sp³-hybridized carbons (Fsp3) is 0.500. The fourth-order valence-electron chi connectivity index (χ4n) is 2.13. The zero-order valence-electron chi connectivity index (χ0n) is 10.6. The van der Waals surface area contributed by atoms with Gasteiger partial charge in [0.15, 0.2) is 0 Å². The van der Waals surface area contributed by atoms with Crippen LogP contribution in [0, 0.1) is 5.82 Å². The molecule has 0 aromatic heterocycles. The number of sulfonamides is 1. The Kier molecular flexibility index (Phi) is 4.60. The molecular weight excluding hydrogens is 335 g/mol. The first-order chi connectivity index (χ1) is 8.88. The third-order valence-corrected chi connectivity index (χ3v) is 5.42. The second-order valence-corrected chi connectivity index (χ2v) is 7.43. The Bertz CT molecular complexity index is 557. The molecule has 0 radical (unpaired) electrons. The highest BCUT2D eigenvalue weighted by atomic mass is 79.9. The molecule has 0 N–H and O–H groups in total. The van der Waals surface area contributed by atoms with Crippen LogP contribution in [0.25, 0.3) is 0 Å². The molecule has 0 bridgehead atoms. The minimum absolute atomic E-state index is 0.271. The maximum Gasteiger partial charge on any atom is 0.211 e. The van der Waals surface area contributed by atoms with Gasteiger partial charge in [-0.15, -0.1) is 0 Å². The zero-order chi connectivity index (χ0) is 14.0. The van der Waals surface area contributed by atoms with Crippen molar-refractivity contribution in [3.8, 4) is 0 Å². The summed E-state index contributed by atoms with van der Waals surface area (Å²) in [4.78, 5) is 2.13. The summed E-state index contributed by atoms with van der Waals surface area (Å²) in [5.74, 6) is -0.271.